The Balaban J connectivity index is -0.00000000667. The summed E-state index contributed by atoms with van der Waals surface area (Å²) in [4.78, 5) is 0. The summed E-state index contributed by atoms with van der Waals surface area (Å²) < 4.78 is 4.25. The second-order valence-corrected chi connectivity index (χ2v) is 0.408. The molecule has 0 atom stereocenters. The summed E-state index contributed by atoms with van der Waals surface area (Å²) in [6.45, 7) is 0. The molecule has 1 nitrogen and oxygen atoms in total. The van der Waals surface area contributed by atoms with Crippen LogP contribution in [0.25, 0.3) is 0 Å². The predicted molar refractivity (Wildman–Crippen MR) is 20.9 cm³/mol. The third kappa shape index (κ3) is 15.4. The van der Waals surface area contributed by atoms with Gasteiger partial charge in [0.2, 0.25) is 0 Å². The van der Waals surface area contributed by atoms with E-state index in [1.165, 1.54) is 0 Å². The van der Waals surface area contributed by atoms with E-state index in [4.69, 9.17) is 0 Å². The van der Waals surface area contributed by atoms with Gasteiger partial charge in [-0.2, -0.15) is 0 Å². The van der Waals surface area contributed by atoms with Crippen molar-refractivity contribution >= 4 is 23.1 Å². The van der Waals surface area contributed by atoms with Gasteiger partial charge in [0.05, 0.1) is 0 Å². The van der Waals surface area contributed by atoms with Crippen molar-refractivity contribution in [2.45, 2.75) is 0 Å². The number of hydrogen-bond donors (Lipinski definition) is 0. The Bertz CT molecular complexity index is 11.5. The number of rotatable bonds is 0. The van der Waals surface area contributed by atoms with Gasteiger partial charge in [-0.3, -0.25) is 0 Å². The van der Waals surface area contributed by atoms with Crippen LogP contribution < -0.4 is 0 Å². The van der Waals surface area contributed by atoms with Crippen LogP contribution >= 0.6 is 0 Å². The van der Waals surface area contributed by atoms with Gasteiger partial charge in [0.1, 0.15) is 0 Å². The molecule has 0 fully saturated rings. The zero-order valence-electron chi connectivity index (χ0n) is 5.12. The van der Waals surface area contributed by atoms with Crippen molar-refractivity contribution < 1.29 is 7.59 Å². The second-order valence-electron chi connectivity index (χ2n) is 0.408. The summed E-state index contributed by atoms with van der Waals surface area (Å²) in [7, 11) is 3.25. The smallest absolute Gasteiger partial charge is 1.00 e. The first-order valence-corrected chi connectivity index (χ1v) is 0.816. The Morgan fingerprint density at radius 1 is 1.50 bits per heavy atom. The quantitative estimate of drug-likeness (QED) is 0.369. The van der Waals surface area contributed by atoms with Crippen LogP contribution in [-0.2, 0) is 4.74 Å². The van der Waals surface area contributed by atoms with Gasteiger partial charge in [-0.25, -0.2) is 0 Å². The van der Waals surface area contributed by atoms with Gasteiger partial charge in [0.25, 0.3) is 0 Å². The Morgan fingerprint density at radius 2 is 1.50 bits per heavy atom. The summed E-state index contributed by atoms with van der Waals surface area (Å²) in [5.74, 6) is 0. The van der Waals surface area contributed by atoms with E-state index in [1.807, 2.05) is 0 Å². The van der Waals surface area contributed by atoms with Crippen LogP contribution in [0.3, 0.4) is 0 Å². The molecule has 0 aromatic carbocycles. The van der Waals surface area contributed by atoms with Gasteiger partial charge < -0.3 is 7.59 Å². The average Bonchev–Trinajstić information content (AvgIpc) is 0.918. The van der Waals surface area contributed by atoms with Crippen molar-refractivity contribution in [1.82, 2.24) is 0 Å². The fourth-order valence-corrected chi connectivity index (χ4v) is 0. The van der Waals surface area contributed by atoms with E-state index in [1.54, 1.807) is 14.2 Å². The van der Waals surface area contributed by atoms with Gasteiger partial charge in [-0.15, -0.1) is 0 Å². The normalized spacial score (nSPS) is 4.50. The molecular formula is C2H8MgO. The molecule has 0 aromatic heterocycles. The van der Waals surface area contributed by atoms with Crippen molar-refractivity contribution in [3.8, 4) is 0 Å². The molecule has 0 bridgehead atoms. The fourth-order valence-electron chi connectivity index (χ4n) is 0. The van der Waals surface area contributed by atoms with Gasteiger partial charge in [0.15, 0.2) is 0 Å². The van der Waals surface area contributed by atoms with Gasteiger partial charge in [-0.1, -0.05) is 0 Å². The molecule has 0 saturated heterocycles. The Kier molecular flexibility index (Phi) is 20.5. The molecule has 0 rings (SSSR count). The molecule has 0 aliphatic rings. The van der Waals surface area contributed by atoms with Crippen LogP contribution in [0.15, 0.2) is 0 Å². The Labute approximate surface area is 45.5 Å². The van der Waals surface area contributed by atoms with E-state index in [2.05, 4.69) is 4.74 Å². The van der Waals surface area contributed by atoms with Crippen LogP contribution in [0.5, 0.6) is 0 Å². The number of methoxy groups -OCH3 is 1. The second kappa shape index (κ2) is 9.29. The maximum absolute atomic E-state index is 4.25. The molecular weight excluding hydrogens is 64.3 g/mol. The molecule has 0 aromatic rings. The van der Waals surface area contributed by atoms with Crippen molar-refractivity contribution in [1.29, 1.82) is 0 Å². The maximum Gasteiger partial charge on any atom is 2.00 e. The molecule has 0 aliphatic heterocycles. The summed E-state index contributed by atoms with van der Waals surface area (Å²) in [5, 5.41) is 0. The molecule has 0 radical (unpaired) electrons. The van der Waals surface area contributed by atoms with Gasteiger partial charge in [-0.05, 0) is 0 Å². The third-order valence-electron chi connectivity index (χ3n) is 0. The minimum atomic E-state index is 0. The average molecular weight is 72.4 g/mol. The van der Waals surface area contributed by atoms with Crippen LogP contribution in [0.1, 0.15) is 2.85 Å². The van der Waals surface area contributed by atoms with Crippen LogP contribution in [0, 0.1) is 0 Å². The first-order valence-electron chi connectivity index (χ1n) is 0.816. The molecule has 0 aliphatic carbocycles. The first-order chi connectivity index (χ1) is 1.41. The minimum Gasteiger partial charge on any atom is -1.00 e. The van der Waals surface area contributed by atoms with Crippen LogP contribution in [0.4, 0.5) is 0 Å². The van der Waals surface area contributed by atoms with E-state index in [9.17, 15) is 0 Å². The molecule has 4 heavy (non-hydrogen) atoms. The van der Waals surface area contributed by atoms with Crippen LogP contribution in [-0.4, -0.2) is 37.3 Å². The van der Waals surface area contributed by atoms with Crippen molar-refractivity contribution in [2.24, 2.45) is 0 Å². The Hall–Kier alpha value is 0.726. The molecule has 2 heteroatoms. The molecule has 0 N–H and O–H groups in total. The largest absolute Gasteiger partial charge is 2.00 e. The van der Waals surface area contributed by atoms with Gasteiger partial charge >= 0.3 is 23.1 Å². The molecule has 24 valence electrons. The number of hydrogen-bond acceptors (Lipinski definition) is 1. The standard InChI is InChI=1S/C2H6O.Mg.2H/c1-3-2;;;/h1-2H3;;;/q;+2;2*-1. The van der Waals surface area contributed by atoms with E-state index in [0.29, 0.717) is 0 Å². The zero-order chi connectivity index (χ0) is 2.71. The molecule has 0 saturated carbocycles. The minimum absolute atomic E-state index is 0. The van der Waals surface area contributed by atoms with E-state index >= 15 is 0 Å². The predicted octanol–water partition coefficient (Wildman–Crippen LogP) is 0.107. The topological polar surface area (TPSA) is 9.23 Å². The van der Waals surface area contributed by atoms with Crippen molar-refractivity contribution in [2.75, 3.05) is 14.2 Å². The monoisotopic (exact) mass is 72.0 g/mol. The van der Waals surface area contributed by atoms with E-state index in [-0.39, 0.29) is 25.9 Å². The molecule has 0 amide bonds. The molecule has 0 spiro atoms. The van der Waals surface area contributed by atoms with E-state index in [0.717, 1.165) is 0 Å². The summed E-state index contributed by atoms with van der Waals surface area (Å²) in [6, 6.07) is 0. The van der Waals surface area contributed by atoms with Crippen molar-refractivity contribution in [3.63, 3.8) is 0 Å². The summed E-state index contributed by atoms with van der Waals surface area (Å²) in [6.07, 6.45) is 0. The van der Waals surface area contributed by atoms with Crippen LogP contribution in [0.2, 0.25) is 0 Å². The fraction of sp³-hybridized carbons (Fsp3) is 1.00. The molecule has 0 unspecified atom stereocenters. The van der Waals surface area contributed by atoms with Crippen molar-refractivity contribution in [3.05, 3.63) is 0 Å². The first kappa shape index (κ1) is 8.83. The maximum atomic E-state index is 4.25. The SMILES string of the molecule is COC.[H-].[H-].[Mg+2]. The zero-order valence-corrected chi connectivity index (χ0v) is 4.53. The third-order valence-corrected chi connectivity index (χ3v) is 0. The number of ether oxygens (including phenoxy) is 1. The van der Waals surface area contributed by atoms with E-state index < -0.39 is 0 Å². The summed E-state index contributed by atoms with van der Waals surface area (Å²) >= 11 is 0. The van der Waals surface area contributed by atoms with Gasteiger partial charge in [0, 0.05) is 14.2 Å². The summed E-state index contributed by atoms with van der Waals surface area (Å²) in [5.41, 5.74) is 0. The molecule has 0 heterocycles. The Morgan fingerprint density at radius 3 is 1.50 bits per heavy atom.